The Morgan fingerprint density at radius 3 is 2.31 bits per heavy atom. The summed E-state index contributed by atoms with van der Waals surface area (Å²) < 4.78 is 0. The van der Waals surface area contributed by atoms with E-state index >= 15 is 0 Å². The lowest BCUT2D eigenvalue weighted by molar-refractivity contribution is -0.139. The fraction of sp³-hybridized carbons (Fsp3) is 0.700. The van der Waals surface area contributed by atoms with Gasteiger partial charge < -0.3 is 16.0 Å². The Balaban J connectivity index is 4.77. The number of rotatable bonds is 5. The van der Waals surface area contributed by atoms with Crippen molar-refractivity contribution in [1.29, 1.82) is 0 Å². The smallest absolute Gasteiger partial charge is 0.239 e. The molecule has 3 N–H and O–H groups in total. The van der Waals surface area contributed by atoms with Crippen LogP contribution in [-0.4, -0.2) is 42.3 Å². The first-order valence-electron chi connectivity index (χ1n) is 5.05. The molecule has 92 valence electrons. The molecule has 0 aromatic carbocycles. The second kappa shape index (κ2) is 5.79. The van der Waals surface area contributed by atoms with E-state index in [1.807, 2.05) is 6.92 Å². The van der Waals surface area contributed by atoms with Gasteiger partial charge in [-0.05, 0) is 13.3 Å². The summed E-state index contributed by atoms with van der Waals surface area (Å²) in [5, 5.41) is 2.45. The number of hydrogen-bond acceptors (Lipinski definition) is 3. The van der Waals surface area contributed by atoms with Crippen LogP contribution in [0.1, 0.15) is 20.3 Å². The maximum atomic E-state index is 12.1. The lowest BCUT2D eigenvalue weighted by atomic mass is 9.86. The molecule has 2 amide bonds. The molecule has 0 aliphatic heterocycles. The van der Waals surface area contributed by atoms with Gasteiger partial charge in [-0.15, -0.1) is 0 Å². The molecule has 0 aliphatic rings. The molecule has 0 radical (unpaired) electrons. The minimum atomic E-state index is -0.877. The Bertz CT molecular complexity index is 306. The van der Waals surface area contributed by atoms with Gasteiger partial charge >= 0.3 is 0 Å². The van der Waals surface area contributed by atoms with Crippen molar-refractivity contribution in [3.05, 3.63) is 0 Å². The Hall–Kier alpha value is -1.17. The van der Waals surface area contributed by atoms with Gasteiger partial charge in [0.05, 0.1) is 16.9 Å². The lowest BCUT2D eigenvalue weighted by Gasteiger charge is -2.30. The molecule has 16 heavy (non-hydrogen) atoms. The van der Waals surface area contributed by atoms with Gasteiger partial charge in [-0.3, -0.25) is 9.59 Å². The predicted molar refractivity (Wildman–Crippen MR) is 66.9 cm³/mol. The van der Waals surface area contributed by atoms with Crippen LogP contribution in [0, 0.1) is 5.41 Å². The van der Waals surface area contributed by atoms with Crippen molar-refractivity contribution < 1.29 is 9.59 Å². The fourth-order valence-electron chi connectivity index (χ4n) is 1.22. The van der Waals surface area contributed by atoms with Crippen LogP contribution in [0.4, 0.5) is 0 Å². The molecule has 0 fully saturated rings. The van der Waals surface area contributed by atoms with Crippen LogP contribution in [0.15, 0.2) is 0 Å². The third-order valence-electron chi connectivity index (χ3n) is 2.73. The first kappa shape index (κ1) is 14.8. The normalized spacial score (nSPS) is 13.8. The Labute approximate surface area is 101 Å². The number of nitrogens with one attached hydrogen (secondary N) is 1. The maximum absolute atomic E-state index is 12.1. The highest BCUT2D eigenvalue weighted by molar-refractivity contribution is 7.80. The largest absolute Gasteiger partial charge is 0.392 e. The average Bonchev–Trinajstić information content (AvgIpc) is 2.26. The summed E-state index contributed by atoms with van der Waals surface area (Å²) in [4.78, 5) is 24.7. The van der Waals surface area contributed by atoms with Crippen molar-refractivity contribution in [2.75, 3.05) is 20.6 Å². The number of likely N-dealkylation sites (N-methyl/N-ethyl adjacent to an activating group) is 2. The van der Waals surface area contributed by atoms with Crippen LogP contribution in [0.5, 0.6) is 0 Å². The van der Waals surface area contributed by atoms with Crippen LogP contribution < -0.4 is 11.1 Å². The molecule has 0 saturated carbocycles. The third kappa shape index (κ3) is 3.16. The second-order valence-corrected chi connectivity index (χ2v) is 4.32. The highest BCUT2D eigenvalue weighted by atomic mass is 32.1. The highest BCUT2D eigenvalue weighted by Crippen LogP contribution is 2.24. The summed E-state index contributed by atoms with van der Waals surface area (Å²) in [7, 11) is 3.08. The first-order valence-corrected chi connectivity index (χ1v) is 5.46. The van der Waals surface area contributed by atoms with Crippen LogP contribution in [0.2, 0.25) is 0 Å². The summed E-state index contributed by atoms with van der Waals surface area (Å²) in [5.74, 6) is -0.455. The molecule has 6 heteroatoms. The van der Waals surface area contributed by atoms with E-state index in [-0.39, 0.29) is 23.3 Å². The van der Waals surface area contributed by atoms with E-state index in [9.17, 15) is 9.59 Å². The Morgan fingerprint density at radius 1 is 1.50 bits per heavy atom. The Kier molecular flexibility index (Phi) is 5.37. The van der Waals surface area contributed by atoms with E-state index in [2.05, 4.69) is 5.32 Å². The van der Waals surface area contributed by atoms with Crippen molar-refractivity contribution in [3.8, 4) is 0 Å². The lowest BCUT2D eigenvalue weighted by Crippen LogP contribution is -2.49. The number of carbonyl (C=O) groups is 2. The van der Waals surface area contributed by atoms with Crippen LogP contribution in [0.3, 0.4) is 0 Å². The third-order valence-corrected chi connectivity index (χ3v) is 3.18. The maximum Gasteiger partial charge on any atom is 0.239 e. The molecular weight excluding hydrogens is 226 g/mol. The summed E-state index contributed by atoms with van der Waals surface area (Å²) in [5.41, 5.74) is 4.69. The van der Waals surface area contributed by atoms with Gasteiger partial charge in [-0.25, -0.2) is 0 Å². The van der Waals surface area contributed by atoms with Gasteiger partial charge in [0, 0.05) is 14.1 Å². The molecule has 1 atom stereocenters. The van der Waals surface area contributed by atoms with Crippen molar-refractivity contribution in [2.45, 2.75) is 20.3 Å². The van der Waals surface area contributed by atoms with E-state index in [1.165, 1.54) is 11.9 Å². The van der Waals surface area contributed by atoms with Crippen LogP contribution in [-0.2, 0) is 9.59 Å². The summed E-state index contributed by atoms with van der Waals surface area (Å²) in [6.45, 7) is 3.54. The Morgan fingerprint density at radius 2 is 2.00 bits per heavy atom. The average molecular weight is 245 g/mol. The molecule has 0 saturated heterocycles. The quantitative estimate of drug-likeness (QED) is 0.663. The molecule has 0 aromatic heterocycles. The second-order valence-electron chi connectivity index (χ2n) is 3.88. The van der Waals surface area contributed by atoms with Gasteiger partial charge in [0.15, 0.2) is 0 Å². The zero-order valence-corrected chi connectivity index (χ0v) is 11.0. The zero-order chi connectivity index (χ0) is 12.9. The van der Waals surface area contributed by atoms with Gasteiger partial charge in [0.1, 0.15) is 0 Å². The molecule has 0 aliphatic carbocycles. The highest BCUT2D eigenvalue weighted by Gasteiger charge is 2.37. The van der Waals surface area contributed by atoms with Gasteiger partial charge in [-0.1, -0.05) is 19.1 Å². The molecule has 0 rings (SSSR count). The topological polar surface area (TPSA) is 75.4 Å². The SMILES string of the molecule is CCC(C)(C(=O)N(C)CC(=O)NC)C(N)=S. The van der Waals surface area contributed by atoms with E-state index in [1.54, 1.807) is 14.0 Å². The van der Waals surface area contributed by atoms with Crippen molar-refractivity contribution in [2.24, 2.45) is 11.1 Å². The van der Waals surface area contributed by atoms with Crippen LogP contribution in [0.25, 0.3) is 0 Å². The molecule has 5 nitrogen and oxygen atoms in total. The number of nitrogens with two attached hydrogens (primary N) is 1. The summed E-state index contributed by atoms with van der Waals surface area (Å²) in [6, 6.07) is 0. The number of hydrogen-bond donors (Lipinski definition) is 2. The van der Waals surface area contributed by atoms with E-state index in [4.69, 9.17) is 18.0 Å². The number of amides is 2. The number of thiocarbonyl (C=S) groups is 1. The summed E-state index contributed by atoms with van der Waals surface area (Å²) in [6.07, 6.45) is 0.513. The van der Waals surface area contributed by atoms with Crippen molar-refractivity contribution in [1.82, 2.24) is 10.2 Å². The zero-order valence-electron chi connectivity index (χ0n) is 10.2. The monoisotopic (exact) mass is 245 g/mol. The van der Waals surface area contributed by atoms with Crippen molar-refractivity contribution in [3.63, 3.8) is 0 Å². The standard InChI is InChI=1S/C10H19N3O2S/c1-5-10(2,8(11)16)9(15)13(4)6-7(14)12-3/h5-6H2,1-4H3,(H2,11,16)(H,12,14). The molecule has 0 spiro atoms. The van der Waals surface area contributed by atoms with E-state index in [0.717, 1.165) is 0 Å². The number of nitrogens with zero attached hydrogens (tertiary/aromatic N) is 1. The fourth-order valence-corrected chi connectivity index (χ4v) is 1.45. The molecule has 0 bridgehead atoms. The molecule has 0 aromatic rings. The minimum Gasteiger partial charge on any atom is -0.392 e. The number of carbonyl (C=O) groups excluding carboxylic acids is 2. The van der Waals surface area contributed by atoms with Gasteiger partial charge in [0.25, 0.3) is 0 Å². The van der Waals surface area contributed by atoms with E-state index in [0.29, 0.717) is 6.42 Å². The van der Waals surface area contributed by atoms with Gasteiger partial charge in [-0.2, -0.15) is 0 Å². The minimum absolute atomic E-state index is 0.00748. The predicted octanol–water partition coefficient (Wildman–Crippen LogP) is -0.107. The van der Waals surface area contributed by atoms with Crippen molar-refractivity contribution >= 4 is 29.0 Å². The van der Waals surface area contributed by atoms with E-state index < -0.39 is 5.41 Å². The van der Waals surface area contributed by atoms with Gasteiger partial charge in [0.2, 0.25) is 11.8 Å². The molecule has 1 unspecified atom stereocenters. The first-order chi connectivity index (χ1) is 7.29. The molecule has 0 heterocycles. The molecular formula is C10H19N3O2S. The van der Waals surface area contributed by atoms with Crippen LogP contribution >= 0.6 is 12.2 Å². The summed E-state index contributed by atoms with van der Waals surface area (Å²) >= 11 is 4.90.